The van der Waals surface area contributed by atoms with Gasteiger partial charge in [0.2, 0.25) is 0 Å². The van der Waals surface area contributed by atoms with E-state index in [0.717, 1.165) is 28.0 Å². The third kappa shape index (κ3) is 1.35. The van der Waals surface area contributed by atoms with Gasteiger partial charge in [-0.15, -0.1) is 0 Å². The van der Waals surface area contributed by atoms with Crippen LogP contribution in [-0.4, -0.2) is 14.5 Å². The van der Waals surface area contributed by atoms with Crippen LogP contribution in [0.15, 0.2) is 16.7 Å². The molecular formula is C9H10BrN3. The molecule has 4 heteroatoms. The van der Waals surface area contributed by atoms with Crippen LogP contribution >= 0.6 is 15.9 Å². The Balaban J connectivity index is 2.80. The maximum Gasteiger partial charge on any atom is 0.177 e. The Hall–Kier alpha value is -0.900. The minimum Gasteiger partial charge on any atom is -0.327 e. The van der Waals surface area contributed by atoms with Gasteiger partial charge in [0, 0.05) is 17.2 Å². The standard InChI is InChI=1S/C9H10BrN3/c1-3-13-6(2)12-9-8(13)4-7(10)5-11-9/h4-5H,3H2,1-2H3. The fourth-order valence-electron chi connectivity index (χ4n) is 1.49. The van der Waals surface area contributed by atoms with E-state index in [9.17, 15) is 0 Å². The number of pyridine rings is 1. The van der Waals surface area contributed by atoms with E-state index in [4.69, 9.17) is 0 Å². The summed E-state index contributed by atoms with van der Waals surface area (Å²) in [5, 5.41) is 0. The number of rotatable bonds is 1. The van der Waals surface area contributed by atoms with Crippen molar-refractivity contribution in [2.75, 3.05) is 0 Å². The summed E-state index contributed by atoms with van der Waals surface area (Å²) in [6, 6.07) is 2.05. The summed E-state index contributed by atoms with van der Waals surface area (Å²) < 4.78 is 3.14. The highest BCUT2D eigenvalue weighted by molar-refractivity contribution is 9.10. The molecule has 0 atom stereocenters. The highest BCUT2D eigenvalue weighted by atomic mass is 79.9. The average Bonchev–Trinajstić information content (AvgIpc) is 2.40. The zero-order chi connectivity index (χ0) is 9.42. The van der Waals surface area contributed by atoms with E-state index in [-0.39, 0.29) is 0 Å². The normalized spacial score (nSPS) is 11.0. The summed E-state index contributed by atoms with van der Waals surface area (Å²) in [4.78, 5) is 8.59. The van der Waals surface area contributed by atoms with Crippen LogP contribution in [0.1, 0.15) is 12.7 Å². The molecule has 2 aromatic rings. The van der Waals surface area contributed by atoms with Gasteiger partial charge in [0.15, 0.2) is 5.65 Å². The van der Waals surface area contributed by atoms with Crippen molar-refractivity contribution in [3.8, 4) is 0 Å². The van der Waals surface area contributed by atoms with Gasteiger partial charge >= 0.3 is 0 Å². The number of aromatic nitrogens is 3. The lowest BCUT2D eigenvalue weighted by molar-refractivity contribution is 0.753. The molecule has 0 aliphatic heterocycles. The van der Waals surface area contributed by atoms with Gasteiger partial charge in [-0.1, -0.05) is 0 Å². The maximum atomic E-state index is 4.36. The number of hydrogen-bond donors (Lipinski definition) is 0. The van der Waals surface area contributed by atoms with Crippen molar-refractivity contribution >= 4 is 27.1 Å². The minimum atomic E-state index is 0.822. The molecular weight excluding hydrogens is 230 g/mol. The number of halogens is 1. The van der Waals surface area contributed by atoms with E-state index in [2.05, 4.69) is 37.4 Å². The van der Waals surface area contributed by atoms with Crippen molar-refractivity contribution in [3.63, 3.8) is 0 Å². The molecule has 68 valence electrons. The largest absolute Gasteiger partial charge is 0.327 e. The van der Waals surface area contributed by atoms with Crippen LogP contribution in [0.3, 0.4) is 0 Å². The molecule has 3 nitrogen and oxygen atoms in total. The fraction of sp³-hybridized carbons (Fsp3) is 0.333. The van der Waals surface area contributed by atoms with Crippen LogP contribution in [0.2, 0.25) is 0 Å². The second-order valence-electron chi connectivity index (χ2n) is 2.90. The zero-order valence-electron chi connectivity index (χ0n) is 7.58. The first-order valence-corrected chi connectivity index (χ1v) is 5.00. The van der Waals surface area contributed by atoms with Crippen molar-refractivity contribution in [3.05, 3.63) is 22.6 Å². The predicted octanol–water partition coefficient (Wildman–Crippen LogP) is 2.52. The van der Waals surface area contributed by atoms with E-state index in [0.29, 0.717) is 0 Å². The van der Waals surface area contributed by atoms with Gasteiger partial charge in [-0.05, 0) is 35.8 Å². The van der Waals surface area contributed by atoms with Gasteiger partial charge in [0.1, 0.15) is 5.82 Å². The lowest BCUT2D eigenvalue weighted by Crippen LogP contribution is -1.96. The number of hydrogen-bond acceptors (Lipinski definition) is 2. The summed E-state index contributed by atoms with van der Waals surface area (Å²) >= 11 is 3.40. The average molecular weight is 240 g/mol. The molecule has 0 saturated carbocycles. The van der Waals surface area contributed by atoms with Gasteiger partial charge in [0.05, 0.1) is 5.52 Å². The Bertz CT molecular complexity index is 447. The van der Waals surface area contributed by atoms with Crippen molar-refractivity contribution in [2.45, 2.75) is 20.4 Å². The number of fused-ring (bicyclic) bond motifs is 1. The van der Waals surface area contributed by atoms with Gasteiger partial charge in [-0.25, -0.2) is 9.97 Å². The molecule has 0 aliphatic carbocycles. The monoisotopic (exact) mass is 239 g/mol. The summed E-state index contributed by atoms with van der Waals surface area (Å²) in [6.45, 7) is 5.04. The fourth-order valence-corrected chi connectivity index (χ4v) is 1.81. The second-order valence-corrected chi connectivity index (χ2v) is 3.82. The van der Waals surface area contributed by atoms with Crippen LogP contribution in [0.4, 0.5) is 0 Å². The quantitative estimate of drug-likeness (QED) is 0.766. The summed E-state index contributed by atoms with van der Waals surface area (Å²) in [5.41, 5.74) is 1.91. The van der Waals surface area contributed by atoms with Gasteiger partial charge in [-0.3, -0.25) is 0 Å². The predicted molar refractivity (Wildman–Crippen MR) is 55.6 cm³/mol. The van der Waals surface area contributed by atoms with Gasteiger partial charge in [0.25, 0.3) is 0 Å². The smallest absolute Gasteiger partial charge is 0.177 e. The lowest BCUT2D eigenvalue weighted by atomic mass is 10.4. The SMILES string of the molecule is CCn1c(C)nc2ncc(Br)cc21. The van der Waals surface area contributed by atoms with Crippen LogP contribution in [0, 0.1) is 6.92 Å². The topological polar surface area (TPSA) is 30.7 Å². The minimum absolute atomic E-state index is 0.822. The first-order chi connectivity index (χ1) is 6.22. The molecule has 0 aliphatic rings. The highest BCUT2D eigenvalue weighted by Crippen LogP contribution is 2.18. The van der Waals surface area contributed by atoms with Crippen molar-refractivity contribution in [1.29, 1.82) is 0 Å². The highest BCUT2D eigenvalue weighted by Gasteiger charge is 2.06. The first-order valence-electron chi connectivity index (χ1n) is 4.20. The molecule has 2 rings (SSSR count). The second kappa shape index (κ2) is 3.10. The maximum absolute atomic E-state index is 4.36. The Morgan fingerprint density at radius 3 is 3.00 bits per heavy atom. The van der Waals surface area contributed by atoms with Crippen LogP contribution in [0.25, 0.3) is 11.2 Å². The molecule has 0 unspecified atom stereocenters. The van der Waals surface area contributed by atoms with Crippen LogP contribution in [-0.2, 0) is 6.54 Å². The summed E-state index contributed by atoms with van der Waals surface area (Å²) in [6.07, 6.45) is 1.77. The van der Waals surface area contributed by atoms with Gasteiger partial charge in [-0.2, -0.15) is 0 Å². The van der Waals surface area contributed by atoms with E-state index in [1.807, 2.05) is 13.0 Å². The van der Waals surface area contributed by atoms with Gasteiger partial charge < -0.3 is 4.57 Å². The molecule has 2 heterocycles. The van der Waals surface area contributed by atoms with Crippen molar-refractivity contribution < 1.29 is 0 Å². The lowest BCUT2D eigenvalue weighted by Gasteiger charge is -2.00. The molecule has 0 saturated heterocycles. The third-order valence-corrected chi connectivity index (χ3v) is 2.51. The summed E-state index contributed by atoms with van der Waals surface area (Å²) in [7, 11) is 0. The van der Waals surface area contributed by atoms with Crippen LogP contribution in [0.5, 0.6) is 0 Å². The number of aryl methyl sites for hydroxylation is 2. The Morgan fingerprint density at radius 2 is 2.31 bits per heavy atom. The van der Waals surface area contributed by atoms with Crippen molar-refractivity contribution in [2.24, 2.45) is 0 Å². The molecule has 0 aromatic carbocycles. The van der Waals surface area contributed by atoms with E-state index < -0.39 is 0 Å². The molecule has 0 spiro atoms. The van der Waals surface area contributed by atoms with E-state index >= 15 is 0 Å². The third-order valence-electron chi connectivity index (χ3n) is 2.08. The van der Waals surface area contributed by atoms with E-state index in [1.54, 1.807) is 6.20 Å². The summed E-state index contributed by atoms with van der Waals surface area (Å²) in [5.74, 6) is 1.02. The first kappa shape index (κ1) is 8.69. The zero-order valence-corrected chi connectivity index (χ0v) is 9.17. The van der Waals surface area contributed by atoms with Crippen molar-refractivity contribution in [1.82, 2.24) is 14.5 Å². The molecule has 2 aromatic heterocycles. The molecule has 0 bridgehead atoms. The molecule has 0 radical (unpaired) electrons. The Labute approximate surface area is 84.9 Å². The Morgan fingerprint density at radius 1 is 1.54 bits per heavy atom. The number of imidazole rings is 1. The Kier molecular flexibility index (Phi) is 2.07. The molecule has 0 fully saturated rings. The number of nitrogens with zero attached hydrogens (tertiary/aromatic N) is 3. The van der Waals surface area contributed by atoms with E-state index in [1.165, 1.54) is 0 Å². The molecule has 0 N–H and O–H groups in total. The molecule has 0 amide bonds. The molecule has 13 heavy (non-hydrogen) atoms. The van der Waals surface area contributed by atoms with Crippen LogP contribution < -0.4 is 0 Å².